The molecule has 0 radical (unpaired) electrons. The standard InChI is InChI=1S/C49H94O6/c1-7-44(5)36-30-24-17-13-9-11-15-19-26-32-38-47(50)53-41-46(42-54-48(51)39-33-27-22-21-23-29-35-43(3)4)55-49(52)40-34-28-20-16-12-10-14-18-25-31-37-45(6)8-2/h43-46H,7-42H2,1-6H3/t44?,45?,46-/m0/s1. The number of hydrogen-bond acceptors (Lipinski definition) is 6. The second-order valence-corrected chi connectivity index (χ2v) is 17.7. The van der Waals surface area contributed by atoms with Crippen LogP contribution in [0.3, 0.4) is 0 Å². The summed E-state index contributed by atoms with van der Waals surface area (Å²) in [7, 11) is 0. The van der Waals surface area contributed by atoms with Crippen LogP contribution in [0.15, 0.2) is 0 Å². The smallest absolute Gasteiger partial charge is 0.306 e. The Morgan fingerprint density at radius 1 is 0.364 bits per heavy atom. The molecule has 0 N–H and O–H groups in total. The van der Waals surface area contributed by atoms with Gasteiger partial charge in [-0.2, -0.15) is 0 Å². The maximum Gasteiger partial charge on any atom is 0.306 e. The second-order valence-electron chi connectivity index (χ2n) is 17.7. The van der Waals surface area contributed by atoms with Crippen LogP contribution in [0.1, 0.15) is 260 Å². The van der Waals surface area contributed by atoms with Gasteiger partial charge in [-0.15, -0.1) is 0 Å². The normalized spacial score (nSPS) is 13.1. The van der Waals surface area contributed by atoms with Gasteiger partial charge in [0, 0.05) is 19.3 Å². The van der Waals surface area contributed by atoms with E-state index < -0.39 is 6.10 Å². The van der Waals surface area contributed by atoms with Crippen LogP contribution < -0.4 is 0 Å². The molecule has 3 atom stereocenters. The molecule has 0 aliphatic heterocycles. The van der Waals surface area contributed by atoms with E-state index in [1.54, 1.807) is 0 Å². The van der Waals surface area contributed by atoms with Crippen molar-refractivity contribution in [2.24, 2.45) is 17.8 Å². The molecule has 0 aromatic rings. The molecule has 0 bridgehead atoms. The van der Waals surface area contributed by atoms with E-state index in [9.17, 15) is 14.4 Å². The Bertz CT molecular complexity index is 856. The lowest BCUT2D eigenvalue weighted by atomic mass is 9.99. The fourth-order valence-corrected chi connectivity index (χ4v) is 7.17. The Balaban J connectivity index is 4.33. The molecule has 0 amide bonds. The Hall–Kier alpha value is -1.59. The molecule has 2 unspecified atom stereocenters. The van der Waals surface area contributed by atoms with Crippen molar-refractivity contribution in [3.8, 4) is 0 Å². The van der Waals surface area contributed by atoms with Gasteiger partial charge >= 0.3 is 17.9 Å². The molecule has 0 aliphatic carbocycles. The summed E-state index contributed by atoms with van der Waals surface area (Å²) in [6.45, 7) is 13.7. The molecule has 55 heavy (non-hydrogen) atoms. The fraction of sp³-hybridized carbons (Fsp3) is 0.939. The molecule has 0 aliphatic rings. The van der Waals surface area contributed by atoms with Gasteiger partial charge < -0.3 is 14.2 Å². The number of unbranched alkanes of at least 4 members (excludes halogenated alkanes) is 23. The molecular weight excluding hydrogens is 685 g/mol. The first-order valence-electron chi connectivity index (χ1n) is 24.2. The first-order valence-corrected chi connectivity index (χ1v) is 24.2. The molecule has 0 spiro atoms. The number of esters is 3. The molecule has 0 aromatic heterocycles. The molecule has 0 saturated carbocycles. The minimum absolute atomic E-state index is 0.0663. The summed E-state index contributed by atoms with van der Waals surface area (Å²) in [6, 6.07) is 0. The SMILES string of the molecule is CCC(C)CCCCCCCCCCCCC(=O)OC[C@@H](COC(=O)CCCCCCCCC(C)C)OC(=O)CCCCCCCCCCCCC(C)CC. The maximum absolute atomic E-state index is 12.7. The first-order chi connectivity index (χ1) is 26.7. The third kappa shape index (κ3) is 40.4. The first kappa shape index (κ1) is 53.4. The van der Waals surface area contributed by atoms with E-state index in [0.29, 0.717) is 19.3 Å². The highest BCUT2D eigenvalue weighted by molar-refractivity contribution is 5.71. The molecular formula is C49H94O6. The number of rotatable bonds is 42. The average molecular weight is 779 g/mol. The van der Waals surface area contributed by atoms with Crippen molar-refractivity contribution < 1.29 is 28.6 Å². The largest absolute Gasteiger partial charge is 0.462 e. The Morgan fingerprint density at radius 3 is 0.945 bits per heavy atom. The number of carbonyl (C=O) groups excluding carboxylic acids is 3. The summed E-state index contributed by atoms with van der Waals surface area (Å²) in [5, 5.41) is 0. The molecule has 0 saturated heterocycles. The average Bonchev–Trinajstić information content (AvgIpc) is 3.17. The summed E-state index contributed by atoms with van der Waals surface area (Å²) in [6.07, 6.45) is 38.0. The van der Waals surface area contributed by atoms with E-state index >= 15 is 0 Å². The molecule has 326 valence electrons. The van der Waals surface area contributed by atoms with Gasteiger partial charge in [0.1, 0.15) is 13.2 Å². The van der Waals surface area contributed by atoms with Crippen molar-refractivity contribution in [1.29, 1.82) is 0 Å². The van der Waals surface area contributed by atoms with E-state index in [2.05, 4.69) is 41.5 Å². The van der Waals surface area contributed by atoms with E-state index in [0.717, 1.165) is 75.5 Å². The molecule has 6 heteroatoms. The van der Waals surface area contributed by atoms with Crippen LogP contribution in [0.5, 0.6) is 0 Å². The summed E-state index contributed by atoms with van der Waals surface area (Å²) in [5.74, 6) is 1.64. The van der Waals surface area contributed by atoms with Crippen LogP contribution in [-0.4, -0.2) is 37.2 Å². The van der Waals surface area contributed by atoms with E-state index in [4.69, 9.17) is 14.2 Å². The number of hydrogen-bond donors (Lipinski definition) is 0. The Morgan fingerprint density at radius 2 is 0.636 bits per heavy atom. The summed E-state index contributed by atoms with van der Waals surface area (Å²) < 4.78 is 16.7. The summed E-state index contributed by atoms with van der Waals surface area (Å²) >= 11 is 0. The summed E-state index contributed by atoms with van der Waals surface area (Å²) in [4.78, 5) is 37.8. The van der Waals surface area contributed by atoms with Gasteiger partial charge in [-0.3, -0.25) is 14.4 Å². The van der Waals surface area contributed by atoms with Gasteiger partial charge in [-0.25, -0.2) is 0 Å². The predicted molar refractivity (Wildman–Crippen MR) is 233 cm³/mol. The zero-order chi connectivity index (χ0) is 40.6. The Labute approximate surface area is 342 Å². The maximum atomic E-state index is 12.7. The van der Waals surface area contributed by atoms with Crippen molar-refractivity contribution >= 4 is 17.9 Å². The van der Waals surface area contributed by atoms with E-state index in [1.807, 2.05) is 0 Å². The minimum Gasteiger partial charge on any atom is -0.462 e. The van der Waals surface area contributed by atoms with Crippen LogP contribution >= 0.6 is 0 Å². The predicted octanol–water partition coefficient (Wildman–Crippen LogP) is 15.2. The van der Waals surface area contributed by atoms with E-state index in [1.165, 1.54) is 141 Å². The lowest BCUT2D eigenvalue weighted by Gasteiger charge is -2.18. The number of ether oxygens (including phenoxy) is 3. The highest BCUT2D eigenvalue weighted by atomic mass is 16.6. The molecule has 0 fully saturated rings. The van der Waals surface area contributed by atoms with E-state index in [-0.39, 0.29) is 31.1 Å². The molecule has 0 heterocycles. The molecule has 6 nitrogen and oxygen atoms in total. The Kier molecular flexibility index (Phi) is 39.4. The van der Waals surface area contributed by atoms with Crippen molar-refractivity contribution in [2.45, 2.75) is 266 Å². The molecule has 0 aromatic carbocycles. The zero-order valence-electron chi connectivity index (χ0n) is 37.7. The van der Waals surface area contributed by atoms with Crippen molar-refractivity contribution in [1.82, 2.24) is 0 Å². The summed E-state index contributed by atoms with van der Waals surface area (Å²) in [5.41, 5.74) is 0. The van der Waals surface area contributed by atoms with Gasteiger partial charge in [0.2, 0.25) is 0 Å². The van der Waals surface area contributed by atoms with Crippen molar-refractivity contribution in [3.05, 3.63) is 0 Å². The van der Waals surface area contributed by atoms with Crippen LogP contribution in [0.25, 0.3) is 0 Å². The van der Waals surface area contributed by atoms with Gasteiger partial charge in [0.15, 0.2) is 6.10 Å². The third-order valence-electron chi connectivity index (χ3n) is 11.6. The molecule has 0 rings (SSSR count). The quantitative estimate of drug-likeness (QED) is 0.0349. The fourth-order valence-electron chi connectivity index (χ4n) is 7.17. The monoisotopic (exact) mass is 779 g/mol. The van der Waals surface area contributed by atoms with Crippen molar-refractivity contribution in [3.63, 3.8) is 0 Å². The zero-order valence-corrected chi connectivity index (χ0v) is 37.7. The topological polar surface area (TPSA) is 78.9 Å². The van der Waals surface area contributed by atoms with Crippen LogP contribution in [0.2, 0.25) is 0 Å². The highest BCUT2D eigenvalue weighted by Gasteiger charge is 2.19. The minimum atomic E-state index is -0.762. The second kappa shape index (κ2) is 40.6. The number of carbonyl (C=O) groups is 3. The van der Waals surface area contributed by atoms with Crippen LogP contribution in [-0.2, 0) is 28.6 Å². The van der Waals surface area contributed by atoms with Crippen molar-refractivity contribution in [2.75, 3.05) is 13.2 Å². The van der Waals surface area contributed by atoms with Gasteiger partial charge in [-0.05, 0) is 37.0 Å². The third-order valence-corrected chi connectivity index (χ3v) is 11.6. The van der Waals surface area contributed by atoms with Gasteiger partial charge in [-0.1, -0.05) is 221 Å². The van der Waals surface area contributed by atoms with Crippen LogP contribution in [0, 0.1) is 17.8 Å². The van der Waals surface area contributed by atoms with Gasteiger partial charge in [0.05, 0.1) is 0 Å². The van der Waals surface area contributed by atoms with Crippen LogP contribution in [0.4, 0.5) is 0 Å². The highest BCUT2D eigenvalue weighted by Crippen LogP contribution is 2.18. The van der Waals surface area contributed by atoms with Gasteiger partial charge in [0.25, 0.3) is 0 Å². The lowest BCUT2D eigenvalue weighted by molar-refractivity contribution is -0.167. The lowest BCUT2D eigenvalue weighted by Crippen LogP contribution is -2.30.